The van der Waals surface area contributed by atoms with Crippen LogP contribution in [-0.2, 0) is 83.1 Å². The van der Waals surface area contributed by atoms with E-state index in [-0.39, 0.29) is 81.4 Å². The fourth-order valence-corrected chi connectivity index (χ4v) is 8.01. The van der Waals surface area contributed by atoms with E-state index in [4.69, 9.17) is 5.73 Å². The van der Waals surface area contributed by atoms with Gasteiger partial charge in [0.1, 0.15) is 29.4 Å². The van der Waals surface area contributed by atoms with E-state index in [0.717, 1.165) is 43.1 Å². The third-order valence-electron chi connectivity index (χ3n) is 12.4. The van der Waals surface area contributed by atoms with Gasteiger partial charge in [-0.15, -0.1) is 0 Å². The van der Waals surface area contributed by atoms with Crippen LogP contribution >= 0.6 is 0 Å². The summed E-state index contributed by atoms with van der Waals surface area (Å²) in [7, 11) is 0. The summed E-state index contributed by atoms with van der Waals surface area (Å²) in [5.74, 6) is -13.0. The molecule has 0 aliphatic rings. The van der Waals surface area contributed by atoms with Gasteiger partial charge in [-0.05, 0) is 64.4 Å². The van der Waals surface area contributed by atoms with Crippen molar-refractivity contribution in [3.05, 3.63) is 35.9 Å². The first-order valence-electron chi connectivity index (χ1n) is 26.1. The predicted molar refractivity (Wildman–Crippen MR) is 282 cm³/mol. The first-order chi connectivity index (χ1) is 37.0. The number of imide groups is 3. The molecule has 1 rings (SSSR count). The minimum Gasteiger partial charge on any atom is -0.480 e. The molecule has 0 spiro atoms. The Bertz CT molecular complexity index is 2410. The van der Waals surface area contributed by atoms with Crippen molar-refractivity contribution in [2.75, 3.05) is 26.2 Å². The lowest BCUT2D eigenvalue weighted by Crippen LogP contribution is -2.52. The van der Waals surface area contributed by atoms with Gasteiger partial charge in [-0.2, -0.15) is 0 Å². The van der Waals surface area contributed by atoms with Crippen LogP contribution in [0.15, 0.2) is 30.3 Å². The van der Waals surface area contributed by atoms with Crippen molar-refractivity contribution in [1.82, 2.24) is 36.0 Å². The summed E-state index contributed by atoms with van der Waals surface area (Å²) in [4.78, 5) is 207. The monoisotopic (exact) mass is 1110 g/mol. The van der Waals surface area contributed by atoms with Crippen molar-refractivity contribution in [1.29, 1.82) is 0 Å². The number of nitrogens with two attached hydrogens (primary N) is 1. The first kappa shape index (κ1) is 69.3. The molecule has 0 heterocycles. The van der Waals surface area contributed by atoms with Crippen molar-refractivity contribution in [3.8, 4) is 0 Å². The Balaban J connectivity index is 3.29. The molecule has 0 aliphatic heterocycles. The minimum atomic E-state index is -1.74. The fourth-order valence-electron chi connectivity index (χ4n) is 8.01. The summed E-state index contributed by atoms with van der Waals surface area (Å²) in [6.45, 7) is 9.02. The number of Topliss-reactive ketones (excluding diaryl/α,β-unsaturated/α-hetero) is 5. The van der Waals surface area contributed by atoms with Crippen molar-refractivity contribution in [2.45, 2.75) is 169 Å². The lowest BCUT2D eigenvalue weighted by Gasteiger charge is -2.27. The van der Waals surface area contributed by atoms with Gasteiger partial charge in [-0.3, -0.25) is 86.6 Å². The van der Waals surface area contributed by atoms with Crippen LogP contribution in [0.3, 0.4) is 0 Å². The van der Waals surface area contributed by atoms with Crippen molar-refractivity contribution in [2.24, 2.45) is 17.6 Å². The smallest absolute Gasteiger partial charge is 0.326 e. The Morgan fingerprint density at radius 1 is 0.519 bits per heavy atom. The molecule has 1 aromatic rings. The number of rotatable bonds is 37. The molecule has 0 saturated heterocycles. The number of carbonyl (C=O) groups excluding carboxylic acids is 15. The third kappa shape index (κ3) is 27.5. The van der Waals surface area contributed by atoms with Crippen LogP contribution in [0.2, 0.25) is 0 Å². The molecule has 1 aromatic carbocycles. The number of hydrogen-bond donors (Lipinski definition) is 6. The Kier molecular flexibility index (Phi) is 31.3. The van der Waals surface area contributed by atoms with E-state index in [1.165, 1.54) is 13.8 Å². The number of carboxylic acid groups (broad SMARTS) is 1. The summed E-state index contributed by atoms with van der Waals surface area (Å²) in [6.07, 6.45) is -4.78. The zero-order chi connectivity index (χ0) is 60.1. The van der Waals surface area contributed by atoms with Crippen molar-refractivity contribution >= 4 is 94.0 Å². The molecule has 5 atom stereocenters. The molecule has 79 heavy (non-hydrogen) atoms. The van der Waals surface area contributed by atoms with Gasteiger partial charge in [0.25, 0.3) is 5.91 Å². The largest absolute Gasteiger partial charge is 0.480 e. The maximum Gasteiger partial charge on any atom is 0.326 e. The summed E-state index contributed by atoms with van der Waals surface area (Å²) in [5.41, 5.74) is 6.30. The SMILES string of the molecule is CC(=O)CCN(C(C)=O)C(=O)CCC(NC(=O)CCC(NC(=O)CCC(NC(=O)CCC(=O)C(CC(C)C)NC(=O)C(CC(=O)CN)Cc1ccccc1)C(=O)O)C(=O)N(CCC(=O)N(CCC(C)=O)C(C)=O)C(C)=O)C(C)=O. The quantitative estimate of drug-likeness (QED) is 0.0531. The molecule has 25 heteroatoms. The van der Waals surface area contributed by atoms with E-state index in [1.807, 2.05) is 13.8 Å². The number of nitrogens with zero attached hydrogens (tertiary/aromatic N) is 3. The number of carbonyl (C=O) groups is 16. The highest BCUT2D eigenvalue weighted by molar-refractivity contribution is 6.01. The molecule has 0 bridgehead atoms. The lowest BCUT2D eigenvalue weighted by atomic mass is 9.91. The summed E-state index contributed by atoms with van der Waals surface area (Å²) in [6, 6.07) is 3.10. The van der Waals surface area contributed by atoms with E-state index in [2.05, 4.69) is 21.3 Å². The number of benzene rings is 1. The molecule has 25 nitrogen and oxygen atoms in total. The Labute approximate surface area is 459 Å². The van der Waals surface area contributed by atoms with Gasteiger partial charge < -0.3 is 32.1 Å². The first-order valence-corrected chi connectivity index (χ1v) is 26.1. The summed E-state index contributed by atoms with van der Waals surface area (Å²) < 4.78 is 0. The highest BCUT2D eigenvalue weighted by Crippen LogP contribution is 2.17. The number of aliphatic carboxylic acids is 1. The van der Waals surface area contributed by atoms with Crippen LogP contribution in [0.4, 0.5) is 0 Å². The second-order valence-electron chi connectivity index (χ2n) is 19.7. The summed E-state index contributed by atoms with van der Waals surface area (Å²) >= 11 is 0. The van der Waals surface area contributed by atoms with Gasteiger partial charge in [0, 0.05) is 104 Å². The van der Waals surface area contributed by atoms with Gasteiger partial charge >= 0.3 is 5.97 Å². The molecular formula is C54H78N8O17. The van der Waals surface area contributed by atoms with Crippen LogP contribution in [0.1, 0.15) is 144 Å². The van der Waals surface area contributed by atoms with Crippen molar-refractivity contribution in [3.63, 3.8) is 0 Å². The second kappa shape index (κ2) is 35.7. The fraction of sp³-hybridized carbons (Fsp3) is 0.593. The Morgan fingerprint density at radius 2 is 0.975 bits per heavy atom. The Hall–Kier alpha value is -7.70. The normalized spacial score (nSPS) is 12.7. The van der Waals surface area contributed by atoms with Gasteiger partial charge in [-0.25, -0.2) is 4.79 Å². The zero-order valence-corrected chi connectivity index (χ0v) is 46.5. The molecule has 0 saturated carbocycles. The highest BCUT2D eigenvalue weighted by Gasteiger charge is 2.33. The van der Waals surface area contributed by atoms with E-state index in [9.17, 15) is 81.8 Å². The summed E-state index contributed by atoms with van der Waals surface area (Å²) in [5, 5.41) is 19.8. The minimum absolute atomic E-state index is 0.103. The average molecular weight is 1110 g/mol. The predicted octanol–water partition coefficient (Wildman–Crippen LogP) is 0.586. The number of amides is 10. The average Bonchev–Trinajstić information content (AvgIpc) is 3.35. The lowest BCUT2D eigenvalue weighted by molar-refractivity contribution is -0.149. The second-order valence-corrected chi connectivity index (χ2v) is 19.7. The molecule has 5 unspecified atom stereocenters. The number of ketones is 5. The zero-order valence-electron chi connectivity index (χ0n) is 46.5. The maximum absolute atomic E-state index is 14.1. The number of nitrogens with one attached hydrogen (secondary N) is 4. The van der Waals surface area contributed by atoms with E-state index in [1.54, 1.807) is 30.3 Å². The molecule has 10 amide bonds. The van der Waals surface area contributed by atoms with Crippen LogP contribution in [0.5, 0.6) is 0 Å². The topological polar surface area (TPSA) is 377 Å². The third-order valence-corrected chi connectivity index (χ3v) is 12.4. The molecule has 0 aromatic heterocycles. The van der Waals surface area contributed by atoms with E-state index in [0.29, 0.717) is 4.90 Å². The van der Waals surface area contributed by atoms with E-state index < -0.39 is 165 Å². The van der Waals surface area contributed by atoms with Crippen LogP contribution in [0.25, 0.3) is 0 Å². The molecule has 0 fully saturated rings. The highest BCUT2D eigenvalue weighted by atomic mass is 16.4. The van der Waals surface area contributed by atoms with Crippen LogP contribution < -0.4 is 27.0 Å². The molecule has 436 valence electrons. The van der Waals surface area contributed by atoms with Crippen LogP contribution in [0, 0.1) is 11.8 Å². The van der Waals surface area contributed by atoms with Gasteiger partial charge in [0.15, 0.2) is 11.6 Å². The standard InChI is InChI=1S/C54H78N8O17/c1-32(2)28-45(59-52(76)40(30-41(69)31-55)29-39-12-10-9-11-13-39)46(70)17-20-49(73)58-44(54(78)79)15-19-48(72)57-43(53(77)62(38(8)68)27-24-51(75)61(37(7)67)26-23-34(4)64)14-18-47(71)56-42(35(5)65)16-21-50(74)60(36(6)66)25-22-33(3)63/h9-13,32,40,42-45H,14-31,55H2,1-8H3,(H,56,71)(H,57,72)(H,58,73)(H,59,76)(H,78,79). The van der Waals surface area contributed by atoms with Crippen molar-refractivity contribution < 1.29 is 81.8 Å². The van der Waals surface area contributed by atoms with Gasteiger partial charge in [0.05, 0.1) is 18.6 Å². The van der Waals surface area contributed by atoms with Crippen LogP contribution in [-0.4, -0.2) is 164 Å². The molecule has 0 radical (unpaired) electrons. The molecule has 7 N–H and O–H groups in total. The molecular weight excluding hydrogens is 1030 g/mol. The Morgan fingerprint density at radius 3 is 1.44 bits per heavy atom. The van der Waals surface area contributed by atoms with Gasteiger partial charge in [0.2, 0.25) is 53.2 Å². The molecule has 0 aliphatic carbocycles. The van der Waals surface area contributed by atoms with E-state index >= 15 is 0 Å². The maximum atomic E-state index is 14.1. The van der Waals surface area contributed by atoms with Gasteiger partial charge in [-0.1, -0.05) is 44.2 Å². The number of hydrogen-bond acceptors (Lipinski definition) is 17. The number of carboxylic acids is 1.